The molecule has 0 radical (unpaired) electrons. The van der Waals surface area contributed by atoms with Gasteiger partial charge >= 0.3 is 0 Å². The average Bonchev–Trinajstić information content (AvgIpc) is 3.29. The van der Waals surface area contributed by atoms with Crippen molar-refractivity contribution in [3.05, 3.63) is 29.8 Å². The van der Waals surface area contributed by atoms with Gasteiger partial charge in [-0.3, -0.25) is 19.3 Å². The molecule has 0 spiro atoms. The van der Waals surface area contributed by atoms with Crippen molar-refractivity contribution in [3.8, 4) is 5.75 Å². The number of fused-ring (bicyclic) bond motifs is 1. The maximum absolute atomic E-state index is 13.3. The first-order valence-corrected chi connectivity index (χ1v) is 13.5. The molecule has 12 nitrogen and oxygen atoms in total. The minimum atomic E-state index is -1.63. The van der Waals surface area contributed by atoms with Crippen LogP contribution in [0.25, 0.3) is 0 Å². The lowest BCUT2D eigenvalue weighted by Crippen LogP contribution is -2.63. The van der Waals surface area contributed by atoms with E-state index in [1.54, 1.807) is 7.05 Å². The Morgan fingerprint density at radius 3 is 2.69 bits per heavy atom. The van der Waals surface area contributed by atoms with E-state index in [0.717, 1.165) is 17.7 Å². The first-order chi connectivity index (χ1) is 18.8. The summed E-state index contributed by atoms with van der Waals surface area (Å²) in [6.45, 7) is 0.547. The van der Waals surface area contributed by atoms with E-state index in [4.69, 9.17) is 9.47 Å². The Labute approximate surface area is 228 Å². The van der Waals surface area contributed by atoms with Gasteiger partial charge in [-0.05, 0) is 39.4 Å². The number of aliphatic hydroxyl groups is 1. The lowest BCUT2D eigenvalue weighted by atomic mass is 9.99. The number of hydrogen-bond acceptors (Lipinski definition) is 9. The van der Waals surface area contributed by atoms with Crippen LogP contribution in [0.5, 0.6) is 5.75 Å². The molecule has 3 heterocycles. The zero-order valence-corrected chi connectivity index (χ0v) is 22.6. The molecular formula is C27H39N5O7. The molecule has 4 rings (SSSR count). The lowest BCUT2D eigenvalue weighted by Gasteiger charge is -2.40. The van der Waals surface area contributed by atoms with E-state index >= 15 is 0 Å². The number of ether oxygens (including phenoxy) is 2. The average molecular weight is 546 g/mol. The highest BCUT2D eigenvalue weighted by Crippen LogP contribution is 2.33. The molecule has 0 aliphatic carbocycles. The van der Waals surface area contributed by atoms with Gasteiger partial charge in [-0.1, -0.05) is 18.2 Å². The summed E-state index contributed by atoms with van der Waals surface area (Å²) in [6.07, 6.45) is 3.28. The fraction of sp³-hybridized carbons (Fsp3) is 0.630. The minimum Gasteiger partial charge on any atom is -0.493 e. The van der Waals surface area contributed by atoms with Crippen LogP contribution in [0.15, 0.2) is 24.3 Å². The number of benzene rings is 1. The summed E-state index contributed by atoms with van der Waals surface area (Å²) in [5, 5.41) is 19.1. The van der Waals surface area contributed by atoms with Crippen molar-refractivity contribution < 1.29 is 33.8 Å². The molecule has 39 heavy (non-hydrogen) atoms. The van der Waals surface area contributed by atoms with Crippen LogP contribution in [-0.2, 0) is 23.9 Å². The molecule has 1 aromatic rings. The molecule has 0 bridgehead atoms. The van der Waals surface area contributed by atoms with E-state index in [0.29, 0.717) is 32.2 Å². The fourth-order valence-electron chi connectivity index (χ4n) is 5.51. The first-order valence-electron chi connectivity index (χ1n) is 13.5. The number of carbonyl (C=O) groups excluding carboxylic acids is 4. The third kappa shape index (κ3) is 6.75. The molecule has 0 saturated carbocycles. The molecule has 3 amide bonds. The molecule has 4 atom stereocenters. The van der Waals surface area contributed by atoms with Crippen LogP contribution >= 0.6 is 0 Å². The van der Waals surface area contributed by atoms with Gasteiger partial charge < -0.3 is 40.2 Å². The zero-order chi connectivity index (χ0) is 28.0. The third-order valence-corrected chi connectivity index (χ3v) is 7.78. The second-order valence-corrected chi connectivity index (χ2v) is 10.6. The van der Waals surface area contributed by atoms with E-state index in [1.807, 2.05) is 36.2 Å². The Bertz CT molecular complexity index is 1050. The van der Waals surface area contributed by atoms with Crippen LogP contribution in [0.3, 0.4) is 0 Å². The summed E-state index contributed by atoms with van der Waals surface area (Å²) in [7, 11) is 3.52. The Hall–Kier alpha value is -3.06. The molecule has 2 saturated heterocycles. The Kier molecular flexibility index (Phi) is 9.54. The van der Waals surface area contributed by atoms with Crippen molar-refractivity contribution in [1.29, 1.82) is 0 Å². The van der Waals surface area contributed by atoms with Gasteiger partial charge in [0.05, 0.1) is 38.4 Å². The first kappa shape index (κ1) is 28.9. The molecule has 1 aromatic carbocycles. The summed E-state index contributed by atoms with van der Waals surface area (Å²) in [5.41, 5.74) is -0.653. The highest BCUT2D eigenvalue weighted by atomic mass is 16.5. The molecular weight excluding hydrogens is 506 g/mol. The van der Waals surface area contributed by atoms with E-state index in [-0.39, 0.29) is 62.8 Å². The van der Waals surface area contributed by atoms with Crippen LogP contribution in [0.1, 0.15) is 37.3 Å². The largest absolute Gasteiger partial charge is 0.493 e. The number of nitrogens with one attached hydrogen (secondary N) is 3. The number of rotatable bonds is 12. The molecule has 3 aliphatic heterocycles. The van der Waals surface area contributed by atoms with Crippen LogP contribution in [0, 0.1) is 0 Å². The highest BCUT2D eigenvalue weighted by Gasteiger charge is 2.47. The molecule has 12 heteroatoms. The summed E-state index contributed by atoms with van der Waals surface area (Å²) >= 11 is 0. The molecule has 3 unspecified atom stereocenters. The predicted molar refractivity (Wildman–Crippen MR) is 141 cm³/mol. The smallest absolute Gasteiger partial charge is 0.259 e. The second-order valence-electron chi connectivity index (χ2n) is 10.6. The molecule has 3 aliphatic rings. The maximum Gasteiger partial charge on any atom is 0.259 e. The summed E-state index contributed by atoms with van der Waals surface area (Å²) in [6, 6.07) is 6.43. The lowest BCUT2D eigenvalue weighted by molar-refractivity contribution is -0.200. The quantitative estimate of drug-likeness (QED) is 0.242. The van der Waals surface area contributed by atoms with Crippen LogP contribution in [0.4, 0.5) is 0 Å². The molecule has 2 fully saturated rings. The number of aldehydes is 1. The van der Waals surface area contributed by atoms with Crippen molar-refractivity contribution in [2.45, 2.75) is 55.5 Å². The van der Waals surface area contributed by atoms with Gasteiger partial charge in [-0.2, -0.15) is 0 Å². The Balaban J connectivity index is 1.36. The van der Waals surface area contributed by atoms with Crippen molar-refractivity contribution in [1.82, 2.24) is 25.8 Å². The second kappa shape index (κ2) is 12.9. The van der Waals surface area contributed by atoms with Crippen molar-refractivity contribution in [3.63, 3.8) is 0 Å². The van der Waals surface area contributed by atoms with Gasteiger partial charge in [0.1, 0.15) is 18.1 Å². The van der Waals surface area contributed by atoms with Crippen LogP contribution in [0.2, 0.25) is 0 Å². The zero-order valence-electron chi connectivity index (χ0n) is 22.6. The van der Waals surface area contributed by atoms with E-state index in [9.17, 15) is 24.3 Å². The van der Waals surface area contributed by atoms with E-state index in [1.165, 1.54) is 4.90 Å². The summed E-state index contributed by atoms with van der Waals surface area (Å²) in [5.74, 6) is -0.143. The topological polar surface area (TPSA) is 150 Å². The third-order valence-electron chi connectivity index (χ3n) is 7.78. The maximum atomic E-state index is 13.3. The van der Waals surface area contributed by atoms with E-state index in [2.05, 4.69) is 16.0 Å². The summed E-state index contributed by atoms with van der Waals surface area (Å²) < 4.78 is 10.8. The molecule has 0 aromatic heterocycles. The van der Waals surface area contributed by atoms with Gasteiger partial charge in [0.25, 0.3) is 5.91 Å². The monoisotopic (exact) mass is 545 g/mol. The SMILES string of the molecule is CNCC(=O)NC(C=O)CN(CCC1CCC(C(=O)N[C@@H]2CCOc3ccccc32)N1C)C(=O)C1(O)COC1. The number of hydrogen-bond donors (Lipinski definition) is 4. The Morgan fingerprint density at radius 1 is 1.23 bits per heavy atom. The highest BCUT2D eigenvalue weighted by molar-refractivity contribution is 5.87. The number of amides is 3. The van der Waals surface area contributed by atoms with Gasteiger partial charge in [0, 0.05) is 31.1 Å². The van der Waals surface area contributed by atoms with E-state index < -0.39 is 17.6 Å². The van der Waals surface area contributed by atoms with Crippen molar-refractivity contribution in [2.24, 2.45) is 0 Å². The number of nitrogens with zero attached hydrogens (tertiary/aromatic N) is 2. The molecule has 4 N–H and O–H groups in total. The fourth-order valence-corrected chi connectivity index (χ4v) is 5.51. The Morgan fingerprint density at radius 2 is 2.00 bits per heavy atom. The van der Waals surface area contributed by atoms with Crippen molar-refractivity contribution in [2.75, 3.05) is 53.6 Å². The minimum absolute atomic E-state index is 0.0267. The van der Waals surface area contributed by atoms with Crippen LogP contribution < -0.4 is 20.7 Å². The summed E-state index contributed by atoms with van der Waals surface area (Å²) in [4.78, 5) is 53.5. The molecule has 214 valence electrons. The van der Waals surface area contributed by atoms with Crippen molar-refractivity contribution >= 4 is 24.0 Å². The van der Waals surface area contributed by atoms with Gasteiger partial charge in [-0.15, -0.1) is 0 Å². The predicted octanol–water partition coefficient (Wildman–Crippen LogP) is -1.03. The standard InChI is InChI=1S/C27H39N5O7/c1-28-13-24(34)29-18(15-33)14-32(26(36)27(37)16-38-17-27)11-9-19-7-8-22(31(19)2)25(35)30-21-10-12-39-23-6-4-3-5-20(21)23/h3-6,15,18-19,21-22,28,37H,7-14,16-17H2,1-2H3,(H,29,34)(H,30,35)/t18?,19?,21-,22?/m1/s1. The van der Waals surface area contributed by atoms with Gasteiger partial charge in [-0.25, -0.2) is 0 Å². The van der Waals surface area contributed by atoms with Crippen LogP contribution in [-0.4, -0.2) is 116 Å². The number of carbonyl (C=O) groups is 4. The number of likely N-dealkylation sites (N-methyl/N-ethyl adjacent to an activating group) is 2. The number of para-hydroxylation sites is 1. The normalized spacial score (nSPS) is 24.4. The van der Waals surface area contributed by atoms with Gasteiger partial charge in [0.2, 0.25) is 11.8 Å². The van der Waals surface area contributed by atoms with Gasteiger partial charge in [0.15, 0.2) is 5.60 Å². The number of likely N-dealkylation sites (tertiary alicyclic amines) is 1.